The number of phenolic OH excluding ortho intramolecular Hbond substituents is 4. The summed E-state index contributed by atoms with van der Waals surface area (Å²) in [4.78, 5) is 0. The zero-order valence-electron chi connectivity index (χ0n) is 23.7. The van der Waals surface area contributed by atoms with E-state index in [9.17, 15) is 20.4 Å². The summed E-state index contributed by atoms with van der Waals surface area (Å²) < 4.78 is 0. The van der Waals surface area contributed by atoms with Crippen LogP contribution in [0.5, 0.6) is 23.0 Å². The molecule has 4 aromatic carbocycles. The Morgan fingerprint density at radius 2 is 1.10 bits per heavy atom. The average Bonchev–Trinajstić information content (AvgIpc) is 2.91. The first kappa shape index (κ1) is 28.6. The average molecular weight is 535 g/mol. The van der Waals surface area contributed by atoms with Crippen LogP contribution in [0.25, 0.3) is 33.4 Å². The molecule has 206 valence electrons. The molecule has 0 saturated heterocycles. The Balaban J connectivity index is 1.94. The van der Waals surface area contributed by atoms with Crippen molar-refractivity contribution < 1.29 is 20.4 Å². The molecule has 4 N–H and O–H groups in total. The summed E-state index contributed by atoms with van der Waals surface area (Å²) in [6.07, 6.45) is 4.76. The lowest BCUT2D eigenvalue weighted by molar-refractivity contribution is 0.468. The summed E-state index contributed by atoms with van der Waals surface area (Å²) in [7, 11) is 0. The first-order chi connectivity index (χ1) is 19.0. The molecule has 0 aliphatic heterocycles. The normalized spacial score (nSPS) is 11.2. The van der Waals surface area contributed by atoms with Gasteiger partial charge in [-0.3, -0.25) is 0 Å². The number of hydrogen-bond acceptors (Lipinski definition) is 4. The fraction of sp³-hybridized carbons (Fsp3) is 0.222. The maximum atomic E-state index is 11.3. The zero-order valence-corrected chi connectivity index (χ0v) is 23.7. The Labute approximate surface area is 237 Å². The molecule has 0 atom stereocenters. The van der Waals surface area contributed by atoms with Crippen molar-refractivity contribution in [1.29, 1.82) is 0 Å². The maximum Gasteiger partial charge on any atom is 0.124 e. The van der Waals surface area contributed by atoms with Crippen LogP contribution >= 0.6 is 0 Å². The van der Waals surface area contributed by atoms with Gasteiger partial charge in [0.1, 0.15) is 23.0 Å². The van der Waals surface area contributed by atoms with E-state index in [1.807, 2.05) is 36.4 Å². The minimum atomic E-state index is 0.0226. The molecule has 0 radical (unpaired) electrons. The maximum absolute atomic E-state index is 11.3. The summed E-state index contributed by atoms with van der Waals surface area (Å²) in [5.41, 5.74) is 7.67. The van der Waals surface area contributed by atoms with Crippen LogP contribution in [0.15, 0.2) is 86.0 Å². The minimum absolute atomic E-state index is 0.0226. The number of allylic oxidation sites excluding steroid dienone is 2. The molecule has 0 spiro atoms. The van der Waals surface area contributed by atoms with E-state index in [-0.39, 0.29) is 34.8 Å². The molecule has 0 bridgehead atoms. The van der Waals surface area contributed by atoms with E-state index in [0.717, 1.165) is 33.4 Å². The number of phenols is 4. The minimum Gasteiger partial charge on any atom is -0.507 e. The highest BCUT2D eigenvalue weighted by Crippen LogP contribution is 2.46. The quantitative estimate of drug-likeness (QED) is 0.161. The van der Waals surface area contributed by atoms with E-state index in [1.165, 1.54) is 0 Å². The summed E-state index contributed by atoms with van der Waals surface area (Å²) in [5.74, 6) is 0.601. The van der Waals surface area contributed by atoms with Gasteiger partial charge in [0.25, 0.3) is 0 Å². The lowest BCUT2D eigenvalue weighted by Gasteiger charge is -2.21. The topological polar surface area (TPSA) is 80.9 Å². The summed E-state index contributed by atoms with van der Waals surface area (Å²) in [6.45, 7) is 16.1. The van der Waals surface area contributed by atoms with Crippen molar-refractivity contribution in [2.45, 2.75) is 52.4 Å². The Bertz CT molecular complexity index is 1580. The van der Waals surface area contributed by atoms with Gasteiger partial charge < -0.3 is 20.4 Å². The van der Waals surface area contributed by atoms with Gasteiger partial charge in [-0.15, -0.1) is 13.2 Å². The van der Waals surface area contributed by atoms with E-state index in [1.54, 1.807) is 36.4 Å². The third-order valence-corrected chi connectivity index (χ3v) is 7.37. The van der Waals surface area contributed by atoms with Crippen LogP contribution in [0.1, 0.15) is 61.8 Å². The van der Waals surface area contributed by atoms with Gasteiger partial charge in [0.2, 0.25) is 0 Å². The molecule has 0 fully saturated rings. The predicted molar refractivity (Wildman–Crippen MR) is 165 cm³/mol. The number of hydrogen-bond donors (Lipinski definition) is 4. The highest BCUT2D eigenvalue weighted by Gasteiger charge is 2.21. The van der Waals surface area contributed by atoms with Crippen molar-refractivity contribution in [3.8, 4) is 56.4 Å². The first-order valence-corrected chi connectivity index (χ1v) is 13.7. The molecule has 0 unspecified atom stereocenters. The lowest BCUT2D eigenvalue weighted by atomic mass is 9.84. The lowest BCUT2D eigenvalue weighted by Crippen LogP contribution is -1.99. The van der Waals surface area contributed by atoms with Crippen LogP contribution in [0.3, 0.4) is 0 Å². The molecule has 0 aliphatic rings. The second-order valence-corrected chi connectivity index (χ2v) is 10.9. The number of aromatic hydroxyl groups is 4. The van der Waals surface area contributed by atoms with Crippen molar-refractivity contribution >= 4 is 0 Å². The van der Waals surface area contributed by atoms with Crippen molar-refractivity contribution in [2.24, 2.45) is 0 Å². The van der Waals surface area contributed by atoms with Gasteiger partial charge in [0, 0.05) is 22.3 Å². The van der Waals surface area contributed by atoms with Crippen LogP contribution in [-0.4, -0.2) is 20.4 Å². The monoisotopic (exact) mass is 534 g/mol. The largest absolute Gasteiger partial charge is 0.507 e. The Kier molecular flexibility index (Phi) is 8.39. The van der Waals surface area contributed by atoms with E-state index in [4.69, 9.17) is 0 Å². The molecule has 4 aromatic rings. The molecule has 0 saturated carbocycles. The van der Waals surface area contributed by atoms with E-state index < -0.39 is 0 Å². The Hall–Kier alpha value is -4.44. The number of benzene rings is 4. The summed E-state index contributed by atoms with van der Waals surface area (Å²) >= 11 is 0. The van der Waals surface area contributed by atoms with E-state index in [0.29, 0.717) is 35.1 Å². The Morgan fingerprint density at radius 1 is 0.550 bits per heavy atom. The van der Waals surface area contributed by atoms with Gasteiger partial charge in [-0.05, 0) is 107 Å². The highest BCUT2D eigenvalue weighted by molar-refractivity contribution is 5.86. The van der Waals surface area contributed by atoms with Crippen LogP contribution < -0.4 is 0 Å². The second-order valence-electron chi connectivity index (χ2n) is 10.9. The van der Waals surface area contributed by atoms with Crippen LogP contribution in [0.2, 0.25) is 0 Å². The smallest absolute Gasteiger partial charge is 0.124 e. The van der Waals surface area contributed by atoms with Crippen LogP contribution in [-0.2, 0) is 12.8 Å². The summed E-state index contributed by atoms with van der Waals surface area (Å²) in [6, 6.07) is 18.1. The number of rotatable bonds is 9. The van der Waals surface area contributed by atoms with E-state index >= 15 is 0 Å². The van der Waals surface area contributed by atoms with Gasteiger partial charge in [-0.2, -0.15) is 0 Å². The third kappa shape index (κ3) is 5.62. The van der Waals surface area contributed by atoms with Gasteiger partial charge in [0.05, 0.1) is 0 Å². The van der Waals surface area contributed by atoms with E-state index in [2.05, 4.69) is 40.9 Å². The Morgan fingerprint density at radius 3 is 1.70 bits per heavy atom. The van der Waals surface area contributed by atoms with Crippen molar-refractivity contribution in [3.63, 3.8) is 0 Å². The van der Waals surface area contributed by atoms with Crippen molar-refractivity contribution in [1.82, 2.24) is 0 Å². The fourth-order valence-corrected chi connectivity index (χ4v) is 5.18. The predicted octanol–water partition coefficient (Wildman–Crippen LogP) is 9.21. The SMILES string of the molecule is C=CCc1ccc(O)c(-c2cc(CC=C)c(-c3cc(O)c(-c4cc(C(C)C)ccc4O)cc3C(C)C)cc2O)c1. The molecule has 40 heavy (non-hydrogen) atoms. The first-order valence-electron chi connectivity index (χ1n) is 13.7. The van der Waals surface area contributed by atoms with Gasteiger partial charge in [0.15, 0.2) is 0 Å². The van der Waals surface area contributed by atoms with Crippen molar-refractivity contribution in [3.05, 3.63) is 108 Å². The van der Waals surface area contributed by atoms with Crippen LogP contribution in [0.4, 0.5) is 0 Å². The van der Waals surface area contributed by atoms with Gasteiger partial charge in [-0.1, -0.05) is 52.0 Å². The van der Waals surface area contributed by atoms with Crippen molar-refractivity contribution in [2.75, 3.05) is 0 Å². The molecule has 0 heterocycles. The fourth-order valence-electron chi connectivity index (χ4n) is 5.18. The molecule has 4 nitrogen and oxygen atoms in total. The van der Waals surface area contributed by atoms with Gasteiger partial charge in [-0.25, -0.2) is 0 Å². The molecule has 0 amide bonds. The standard InChI is InChI=1S/C36H38O4/c1-7-9-23-11-13-33(37)29(15-23)31-17-25(10-8-2)27(19-35(31)39)28-20-36(40)32(18-26(28)22(5)6)30-16-24(21(3)4)12-14-34(30)38/h7-8,11-22,37-40H,1-2,9-10H2,3-6H3. The molecule has 4 rings (SSSR count). The zero-order chi connectivity index (χ0) is 29.1. The van der Waals surface area contributed by atoms with Gasteiger partial charge >= 0.3 is 0 Å². The molecule has 0 aliphatic carbocycles. The summed E-state index contributed by atoms with van der Waals surface area (Å²) in [5, 5.41) is 43.9. The molecule has 0 aromatic heterocycles. The molecular weight excluding hydrogens is 496 g/mol. The second kappa shape index (κ2) is 11.7. The highest BCUT2D eigenvalue weighted by atomic mass is 16.3. The molecular formula is C36H38O4. The third-order valence-electron chi connectivity index (χ3n) is 7.37. The van der Waals surface area contributed by atoms with Crippen LogP contribution in [0, 0.1) is 0 Å². The molecule has 4 heteroatoms.